The lowest BCUT2D eigenvalue weighted by Gasteiger charge is -2.39. The number of aryl methyl sites for hydroxylation is 1. The highest BCUT2D eigenvalue weighted by Gasteiger charge is 2.45. The van der Waals surface area contributed by atoms with Crippen LogP contribution in [-0.2, 0) is 24.3 Å². The van der Waals surface area contributed by atoms with Crippen molar-refractivity contribution < 1.29 is 32.2 Å². The third-order valence-corrected chi connectivity index (χ3v) is 12.1. The predicted molar refractivity (Wildman–Crippen MR) is 223 cm³/mol. The highest BCUT2D eigenvalue weighted by atomic mass is 35.5. The number of nitrogens with zero attached hydrogens (tertiary/aromatic N) is 5. The van der Waals surface area contributed by atoms with Gasteiger partial charge < -0.3 is 24.0 Å². The summed E-state index contributed by atoms with van der Waals surface area (Å²) < 4.78 is 47.2. The molecule has 1 fully saturated rings. The Morgan fingerprint density at radius 3 is 1.98 bits per heavy atom. The Morgan fingerprint density at radius 2 is 1.46 bits per heavy atom. The molecule has 13 nitrogen and oxygen atoms in total. The number of carbonyl (C=O) groups is 2. The fourth-order valence-corrected chi connectivity index (χ4v) is 8.94. The van der Waals surface area contributed by atoms with E-state index in [-0.39, 0.29) is 35.8 Å². The molecule has 0 bridgehead atoms. The van der Waals surface area contributed by atoms with Gasteiger partial charge in [0.25, 0.3) is 0 Å². The van der Waals surface area contributed by atoms with E-state index in [1.165, 1.54) is 0 Å². The molecule has 3 aromatic carbocycles. The number of halogens is 2. The van der Waals surface area contributed by atoms with E-state index in [1.54, 1.807) is 93.0 Å². The van der Waals surface area contributed by atoms with Gasteiger partial charge in [0, 0.05) is 69.1 Å². The van der Waals surface area contributed by atoms with E-state index in [0.717, 1.165) is 11.1 Å². The Bertz CT molecular complexity index is 1990. The number of carbonyl (C=O) groups excluding carboxylic acids is 2. The van der Waals surface area contributed by atoms with Crippen LogP contribution >= 0.6 is 23.2 Å². The summed E-state index contributed by atoms with van der Waals surface area (Å²) in [6.07, 6.45) is 0. The van der Waals surface area contributed by atoms with Gasteiger partial charge in [0.1, 0.15) is 17.6 Å². The Kier molecular flexibility index (Phi) is 15.0. The maximum absolute atomic E-state index is 15.2. The maximum Gasteiger partial charge on any atom is 0.326 e. The van der Waals surface area contributed by atoms with Crippen LogP contribution in [0.15, 0.2) is 70.6 Å². The van der Waals surface area contributed by atoms with E-state index < -0.39 is 27.6 Å². The minimum atomic E-state index is -4.02. The lowest BCUT2D eigenvalue weighted by Crippen LogP contribution is -2.55. The topological polar surface area (TPSA) is 133 Å². The molecular weight excluding hydrogens is 791 g/mol. The van der Waals surface area contributed by atoms with Crippen LogP contribution in [0, 0.1) is 6.92 Å². The van der Waals surface area contributed by atoms with Gasteiger partial charge in [-0.3, -0.25) is 19.6 Å². The summed E-state index contributed by atoms with van der Waals surface area (Å²) in [6, 6.07) is 16.3. The van der Waals surface area contributed by atoms with Crippen LogP contribution in [0.1, 0.15) is 62.0 Å². The first kappa shape index (κ1) is 44.3. The van der Waals surface area contributed by atoms with Crippen LogP contribution in [0.5, 0.6) is 5.75 Å². The summed E-state index contributed by atoms with van der Waals surface area (Å²) in [5.41, 5.74) is 1.66. The summed E-state index contributed by atoms with van der Waals surface area (Å²) >= 11 is 12.7. The number of amidine groups is 1. The molecule has 3 amide bonds. The molecule has 2 aliphatic heterocycles. The molecule has 1 N–H and O–H groups in total. The quantitative estimate of drug-likeness (QED) is 0.192. The van der Waals surface area contributed by atoms with Gasteiger partial charge in [-0.2, -0.15) is 0 Å². The van der Waals surface area contributed by atoms with Gasteiger partial charge in [-0.25, -0.2) is 17.9 Å². The summed E-state index contributed by atoms with van der Waals surface area (Å²) in [7, 11) is -0.819. The predicted octanol–water partition coefficient (Wildman–Crippen LogP) is 6.18. The number of aliphatic imine (C=N–C) groups is 1. The Balaban J connectivity index is 1.58. The second-order valence-corrected chi connectivity index (χ2v) is 17.7. The molecule has 310 valence electrons. The SMILES string of the molecule is CCOc1cc(C)c(S(=O)(=O)NC(C)(C)C)cc1C1=N[C@@H](c2ccc(Cl)cc2)[C@@H](c2ccc(Cl)cc2)N1C(=O)N1CCN(CC(=O)N(CCOC)CCOC)CC1. The van der Waals surface area contributed by atoms with E-state index in [9.17, 15) is 13.2 Å². The molecule has 2 atom stereocenters. The minimum absolute atomic E-state index is 0.0408. The van der Waals surface area contributed by atoms with Crippen molar-refractivity contribution >= 4 is 51.0 Å². The molecule has 0 unspecified atom stereocenters. The van der Waals surface area contributed by atoms with Crippen molar-refractivity contribution in [2.45, 2.75) is 57.1 Å². The van der Waals surface area contributed by atoms with Crippen molar-refractivity contribution in [2.24, 2.45) is 4.99 Å². The van der Waals surface area contributed by atoms with Crippen molar-refractivity contribution in [3.63, 3.8) is 0 Å². The molecule has 1 saturated heterocycles. The maximum atomic E-state index is 15.2. The average molecular weight is 846 g/mol. The second-order valence-electron chi connectivity index (χ2n) is 15.1. The van der Waals surface area contributed by atoms with Crippen LogP contribution in [0.3, 0.4) is 0 Å². The number of piperazine rings is 1. The van der Waals surface area contributed by atoms with Gasteiger partial charge in [0.2, 0.25) is 15.9 Å². The highest BCUT2D eigenvalue weighted by molar-refractivity contribution is 7.89. The van der Waals surface area contributed by atoms with E-state index in [1.807, 2.05) is 36.1 Å². The van der Waals surface area contributed by atoms with Crippen molar-refractivity contribution in [3.8, 4) is 5.75 Å². The first-order chi connectivity index (χ1) is 27.1. The van der Waals surface area contributed by atoms with Crippen LogP contribution in [-0.4, -0.2) is 131 Å². The number of rotatable bonds is 15. The number of methoxy groups -OCH3 is 2. The Morgan fingerprint density at radius 1 is 0.895 bits per heavy atom. The zero-order chi connectivity index (χ0) is 41.5. The molecule has 0 saturated carbocycles. The molecule has 57 heavy (non-hydrogen) atoms. The zero-order valence-electron chi connectivity index (χ0n) is 33.8. The second kappa shape index (κ2) is 19.3. The molecule has 5 rings (SSSR count). The smallest absolute Gasteiger partial charge is 0.326 e. The first-order valence-corrected chi connectivity index (χ1v) is 21.3. The standard InChI is InChI=1S/C41H54Cl2N6O7S/c1-8-56-34-25-28(2)35(57(52,53)45-41(3,4)5)26-33(34)39-44-37(29-9-13-31(42)14-10-29)38(30-11-15-32(43)16-12-30)49(39)40(51)48-19-17-46(18-20-48)27-36(50)47(21-23-54-6)22-24-55-7/h9-16,25-26,37-38,45H,8,17-24,27H2,1-7H3/t37-,38+/m0/s1. The molecule has 0 aromatic heterocycles. The monoisotopic (exact) mass is 844 g/mol. The molecule has 2 aliphatic rings. The zero-order valence-corrected chi connectivity index (χ0v) is 36.1. The number of hydrogen-bond acceptors (Lipinski definition) is 9. The third-order valence-electron chi connectivity index (χ3n) is 9.73. The van der Waals surface area contributed by atoms with E-state index in [2.05, 4.69) is 4.72 Å². The molecule has 2 heterocycles. The van der Waals surface area contributed by atoms with Crippen LogP contribution < -0.4 is 9.46 Å². The fraction of sp³-hybridized carbons (Fsp3) is 0.488. The highest BCUT2D eigenvalue weighted by Crippen LogP contribution is 2.46. The fourth-order valence-electron chi connectivity index (χ4n) is 7.02. The summed E-state index contributed by atoms with van der Waals surface area (Å²) in [5.74, 6) is 0.615. The van der Waals surface area contributed by atoms with Gasteiger partial charge in [0.05, 0.1) is 42.9 Å². The largest absolute Gasteiger partial charge is 0.493 e. The normalized spacial score (nSPS) is 17.8. The Labute approximate surface area is 346 Å². The number of hydrogen-bond donors (Lipinski definition) is 1. The van der Waals surface area contributed by atoms with Crippen molar-refractivity contribution in [1.82, 2.24) is 24.3 Å². The van der Waals surface area contributed by atoms with E-state index in [0.29, 0.717) is 79.4 Å². The molecule has 0 radical (unpaired) electrons. The number of urea groups is 1. The van der Waals surface area contributed by atoms with Crippen LogP contribution in [0.25, 0.3) is 0 Å². The summed E-state index contributed by atoms with van der Waals surface area (Å²) in [6.45, 7) is 12.7. The number of sulfonamides is 1. The summed E-state index contributed by atoms with van der Waals surface area (Å²) in [5, 5.41) is 1.08. The number of benzene rings is 3. The minimum Gasteiger partial charge on any atom is -0.493 e. The number of ether oxygens (including phenoxy) is 3. The van der Waals surface area contributed by atoms with Crippen molar-refractivity contribution in [1.29, 1.82) is 0 Å². The van der Waals surface area contributed by atoms with Gasteiger partial charge in [-0.1, -0.05) is 47.5 Å². The van der Waals surface area contributed by atoms with Gasteiger partial charge in [0.15, 0.2) is 0 Å². The molecule has 0 aliphatic carbocycles. The van der Waals surface area contributed by atoms with E-state index >= 15 is 4.79 Å². The third kappa shape index (κ3) is 11.0. The van der Waals surface area contributed by atoms with Crippen LogP contribution in [0.4, 0.5) is 4.79 Å². The first-order valence-electron chi connectivity index (χ1n) is 19.0. The van der Waals surface area contributed by atoms with Gasteiger partial charge >= 0.3 is 6.03 Å². The van der Waals surface area contributed by atoms with Crippen molar-refractivity contribution in [2.75, 3.05) is 79.9 Å². The molecular formula is C41H54Cl2N6O7S. The van der Waals surface area contributed by atoms with Crippen molar-refractivity contribution in [3.05, 3.63) is 93.0 Å². The lowest BCUT2D eigenvalue weighted by molar-refractivity contribution is -0.134. The van der Waals surface area contributed by atoms with Gasteiger partial charge in [-0.05, 0) is 87.7 Å². The van der Waals surface area contributed by atoms with E-state index in [4.69, 9.17) is 42.4 Å². The van der Waals surface area contributed by atoms with Gasteiger partial charge in [-0.15, -0.1) is 0 Å². The summed E-state index contributed by atoms with van der Waals surface area (Å²) in [4.78, 5) is 41.0. The Hall–Kier alpha value is -3.76. The molecule has 0 spiro atoms. The number of amides is 3. The lowest BCUT2D eigenvalue weighted by atomic mass is 9.93. The van der Waals surface area contributed by atoms with Crippen LogP contribution in [0.2, 0.25) is 10.0 Å². The average Bonchev–Trinajstić information content (AvgIpc) is 3.55. The molecule has 16 heteroatoms. The molecule has 3 aromatic rings. The number of nitrogens with one attached hydrogen (secondary N) is 1.